The molecule has 4 rings (SSSR count). The lowest BCUT2D eigenvalue weighted by atomic mass is 10.1. The first-order valence-electron chi connectivity index (χ1n) is 11.6. The summed E-state index contributed by atoms with van der Waals surface area (Å²) >= 11 is 0. The van der Waals surface area contributed by atoms with Crippen LogP contribution >= 0.6 is 0 Å². The molecule has 0 unspecified atom stereocenters. The summed E-state index contributed by atoms with van der Waals surface area (Å²) in [6.45, 7) is 7.48. The van der Waals surface area contributed by atoms with Gasteiger partial charge in [-0.1, -0.05) is 12.1 Å². The molecule has 34 heavy (non-hydrogen) atoms. The van der Waals surface area contributed by atoms with E-state index in [-0.39, 0.29) is 30.5 Å². The number of amides is 2. The maximum Gasteiger partial charge on any atom is 0.229 e. The number of anilines is 3. The molecule has 2 saturated heterocycles. The number of nitrogens with one attached hydrogen (secondary N) is 1. The number of ether oxygens (including phenoxy) is 3. The van der Waals surface area contributed by atoms with E-state index in [4.69, 9.17) is 14.2 Å². The van der Waals surface area contributed by atoms with E-state index in [2.05, 4.69) is 10.2 Å². The molecule has 0 aromatic heterocycles. The van der Waals surface area contributed by atoms with Gasteiger partial charge in [-0.15, -0.1) is 0 Å². The molecule has 9 heteroatoms. The number of hydrogen-bond donors (Lipinski definition) is 1. The molecule has 182 valence electrons. The maximum absolute atomic E-state index is 14.2. The first kappa shape index (κ1) is 23.8. The Morgan fingerprint density at radius 2 is 1.79 bits per heavy atom. The van der Waals surface area contributed by atoms with Crippen LogP contribution in [-0.4, -0.2) is 57.9 Å². The Morgan fingerprint density at radius 1 is 1.09 bits per heavy atom. The van der Waals surface area contributed by atoms with Gasteiger partial charge in [0.15, 0.2) is 0 Å². The van der Waals surface area contributed by atoms with Crippen molar-refractivity contribution in [2.45, 2.75) is 20.3 Å². The highest BCUT2D eigenvalue weighted by Gasteiger charge is 2.36. The molecule has 2 fully saturated rings. The topological polar surface area (TPSA) is 80.3 Å². The number of nitrogens with zero attached hydrogens (tertiary/aromatic N) is 2. The fourth-order valence-electron chi connectivity index (χ4n) is 4.27. The third-order valence-corrected chi connectivity index (χ3v) is 5.91. The number of para-hydroxylation sites is 1. The van der Waals surface area contributed by atoms with Crippen molar-refractivity contribution in [2.75, 3.05) is 61.2 Å². The summed E-state index contributed by atoms with van der Waals surface area (Å²) in [6, 6.07) is 9.71. The van der Waals surface area contributed by atoms with E-state index in [0.29, 0.717) is 43.6 Å². The molecule has 0 radical (unpaired) electrons. The molecule has 2 aromatic carbocycles. The monoisotopic (exact) mass is 471 g/mol. The second-order valence-corrected chi connectivity index (χ2v) is 8.13. The van der Waals surface area contributed by atoms with Gasteiger partial charge in [0.05, 0.1) is 49.4 Å². The fraction of sp³-hybridized carbons (Fsp3) is 0.440. The first-order chi connectivity index (χ1) is 16.5. The van der Waals surface area contributed by atoms with E-state index >= 15 is 0 Å². The van der Waals surface area contributed by atoms with Crippen LogP contribution in [0.25, 0.3) is 0 Å². The van der Waals surface area contributed by atoms with Gasteiger partial charge in [-0.3, -0.25) is 9.59 Å². The van der Waals surface area contributed by atoms with Crippen molar-refractivity contribution >= 4 is 28.9 Å². The number of halogens is 1. The quantitative estimate of drug-likeness (QED) is 0.635. The van der Waals surface area contributed by atoms with Gasteiger partial charge in [-0.25, -0.2) is 4.39 Å². The molecule has 2 aromatic rings. The van der Waals surface area contributed by atoms with Gasteiger partial charge in [0.25, 0.3) is 0 Å². The molecule has 2 amide bonds. The molecule has 0 bridgehead atoms. The molecule has 0 aliphatic carbocycles. The fourth-order valence-corrected chi connectivity index (χ4v) is 4.27. The van der Waals surface area contributed by atoms with Crippen LogP contribution in [0.1, 0.15) is 20.3 Å². The highest BCUT2D eigenvalue weighted by molar-refractivity contribution is 6.04. The second-order valence-electron chi connectivity index (χ2n) is 8.13. The first-order valence-corrected chi connectivity index (χ1v) is 11.6. The van der Waals surface area contributed by atoms with Crippen LogP contribution in [0.4, 0.5) is 21.5 Å². The smallest absolute Gasteiger partial charge is 0.229 e. The number of benzene rings is 2. The van der Waals surface area contributed by atoms with Crippen LogP contribution < -0.4 is 24.6 Å². The Bertz CT molecular complexity index is 1040. The molecule has 1 N–H and O–H groups in total. The molecule has 0 saturated carbocycles. The predicted octanol–water partition coefficient (Wildman–Crippen LogP) is 3.45. The number of carbonyl (C=O) groups excluding carboxylic acids is 2. The van der Waals surface area contributed by atoms with Gasteiger partial charge in [-0.05, 0) is 26.0 Å². The number of morpholine rings is 1. The van der Waals surface area contributed by atoms with Crippen LogP contribution in [0, 0.1) is 11.7 Å². The van der Waals surface area contributed by atoms with Gasteiger partial charge < -0.3 is 29.3 Å². The van der Waals surface area contributed by atoms with E-state index in [9.17, 15) is 14.0 Å². The molecular formula is C25H30FN3O5. The molecule has 8 nitrogen and oxygen atoms in total. The highest BCUT2D eigenvalue weighted by atomic mass is 19.1. The maximum atomic E-state index is 14.2. The van der Waals surface area contributed by atoms with E-state index in [0.717, 1.165) is 18.8 Å². The van der Waals surface area contributed by atoms with Gasteiger partial charge >= 0.3 is 0 Å². The minimum Gasteiger partial charge on any atom is -0.492 e. The van der Waals surface area contributed by atoms with Gasteiger partial charge in [0, 0.05) is 38.2 Å². The average molecular weight is 472 g/mol. The van der Waals surface area contributed by atoms with Crippen molar-refractivity contribution in [2.24, 2.45) is 5.92 Å². The van der Waals surface area contributed by atoms with Crippen molar-refractivity contribution in [1.29, 1.82) is 0 Å². The summed E-state index contributed by atoms with van der Waals surface area (Å²) in [7, 11) is 0. The Hall–Kier alpha value is -3.33. The van der Waals surface area contributed by atoms with Gasteiger partial charge in [-0.2, -0.15) is 0 Å². The average Bonchev–Trinajstić information content (AvgIpc) is 3.23. The summed E-state index contributed by atoms with van der Waals surface area (Å²) in [5.41, 5.74) is 1.55. The molecule has 0 spiro atoms. The zero-order chi connectivity index (χ0) is 24.1. The number of hydrogen-bond acceptors (Lipinski definition) is 6. The normalized spacial score (nSPS) is 18.2. The highest BCUT2D eigenvalue weighted by Crippen LogP contribution is 2.40. The van der Waals surface area contributed by atoms with Crippen molar-refractivity contribution in [3.05, 3.63) is 42.2 Å². The van der Waals surface area contributed by atoms with Crippen LogP contribution in [0.3, 0.4) is 0 Å². The largest absolute Gasteiger partial charge is 0.492 e. The molecule has 2 aliphatic rings. The van der Waals surface area contributed by atoms with Crippen molar-refractivity contribution in [1.82, 2.24) is 0 Å². The minimum atomic E-state index is -0.615. The van der Waals surface area contributed by atoms with E-state index in [1.165, 1.54) is 11.0 Å². The third-order valence-electron chi connectivity index (χ3n) is 5.91. The zero-order valence-corrected chi connectivity index (χ0v) is 19.5. The molecule has 2 aliphatic heterocycles. The van der Waals surface area contributed by atoms with Crippen LogP contribution in [-0.2, 0) is 14.3 Å². The summed E-state index contributed by atoms with van der Waals surface area (Å²) in [4.78, 5) is 29.2. The Morgan fingerprint density at radius 3 is 2.50 bits per heavy atom. The lowest BCUT2D eigenvalue weighted by molar-refractivity contribution is -0.122. The molecule has 2 heterocycles. The molecular weight excluding hydrogens is 441 g/mol. The van der Waals surface area contributed by atoms with Crippen molar-refractivity contribution in [3.63, 3.8) is 0 Å². The Labute approximate surface area is 198 Å². The zero-order valence-electron chi connectivity index (χ0n) is 19.5. The Balaban J connectivity index is 1.56. The summed E-state index contributed by atoms with van der Waals surface area (Å²) in [5.74, 6) is -0.552. The summed E-state index contributed by atoms with van der Waals surface area (Å²) in [5, 5.41) is 2.91. The third kappa shape index (κ3) is 5.09. The Kier molecular flexibility index (Phi) is 7.52. The van der Waals surface area contributed by atoms with Crippen molar-refractivity contribution < 1.29 is 28.2 Å². The van der Waals surface area contributed by atoms with Crippen molar-refractivity contribution in [3.8, 4) is 11.5 Å². The SMILES string of the molecule is CCOc1cc(N2CCOCC2)c(OCC)cc1NC(=O)[C@H]1CC(=O)N(c2ccccc2F)C1. The predicted molar refractivity (Wildman–Crippen MR) is 127 cm³/mol. The number of rotatable bonds is 8. The van der Waals surface area contributed by atoms with E-state index in [1.54, 1.807) is 24.3 Å². The second kappa shape index (κ2) is 10.7. The molecule has 1 atom stereocenters. The summed E-state index contributed by atoms with van der Waals surface area (Å²) < 4.78 is 31.4. The lowest BCUT2D eigenvalue weighted by Gasteiger charge is -2.31. The standard InChI is InChI=1S/C25H30FN3O5/c1-3-33-22-15-21(28-9-11-32-12-10-28)23(34-4-2)14-19(22)27-25(31)17-13-24(30)29(16-17)20-8-6-5-7-18(20)26/h5-8,14-15,17H,3-4,9-13,16H2,1-2H3,(H,27,31)/t17-/m0/s1. The lowest BCUT2D eigenvalue weighted by Crippen LogP contribution is -2.36. The van der Waals surface area contributed by atoms with Gasteiger partial charge in [0.1, 0.15) is 17.3 Å². The number of carbonyl (C=O) groups is 2. The summed E-state index contributed by atoms with van der Waals surface area (Å²) in [6.07, 6.45) is 0.00825. The van der Waals surface area contributed by atoms with E-state index in [1.807, 2.05) is 19.9 Å². The van der Waals surface area contributed by atoms with Crippen LogP contribution in [0.15, 0.2) is 36.4 Å². The van der Waals surface area contributed by atoms with Crippen LogP contribution in [0.5, 0.6) is 11.5 Å². The van der Waals surface area contributed by atoms with Crippen LogP contribution in [0.2, 0.25) is 0 Å². The van der Waals surface area contributed by atoms with Gasteiger partial charge in [0.2, 0.25) is 11.8 Å². The minimum absolute atomic E-state index is 0.00825. The van der Waals surface area contributed by atoms with E-state index < -0.39 is 11.7 Å².